The number of nitrogens with zero attached hydrogens (tertiary/aromatic N) is 4. The van der Waals surface area contributed by atoms with Crippen molar-refractivity contribution < 1.29 is 9.18 Å². The summed E-state index contributed by atoms with van der Waals surface area (Å²) in [5, 5.41) is 0.736. The molecule has 2 aliphatic heterocycles. The fourth-order valence-corrected chi connectivity index (χ4v) is 4.37. The molecule has 1 amide bonds. The first-order valence-corrected chi connectivity index (χ1v) is 10.4. The Balaban J connectivity index is 1.39. The SMILES string of the molecule is CN(C)c1ccc(/C=C2/SC(N3CCN(c4ccccc4F)CC3)=NC2=O)cc1. The number of carbonyl (C=O) groups excluding carboxylic acids is 1. The van der Waals surface area contributed by atoms with Crippen molar-refractivity contribution in [3.63, 3.8) is 0 Å². The van der Waals surface area contributed by atoms with E-state index in [2.05, 4.69) is 9.89 Å². The molecule has 0 saturated carbocycles. The van der Waals surface area contributed by atoms with E-state index in [1.807, 2.05) is 60.3 Å². The Morgan fingerprint density at radius 1 is 1.00 bits per heavy atom. The minimum atomic E-state index is -0.200. The lowest BCUT2D eigenvalue weighted by Crippen LogP contribution is -2.48. The summed E-state index contributed by atoms with van der Waals surface area (Å²) in [6, 6.07) is 14.9. The lowest BCUT2D eigenvalue weighted by Gasteiger charge is -2.36. The van der Waals surface area contributed by atoms with Crippen molar-refractivity contribution in [1.29, 1.82) is 0 Å². The number of hydrogen-bond acceptors (Lipinski definition) is 5. The third-order valence-corrected chi connectivity index (χ3v) is 6.10. The van der Waals surface area contributed by atoms with Crippen LogP contribution in [0.3, 0.4) is 0 Å². The van der Waals surface area contributed by atoms with E-state index in [4.69, 9.17) is 0 Å². The number of amidine groups is 1. The summed E-state index contributed by atoms with van der Waals surface area (Å²) in [6.07, 6.45) is 1.89. The molecule has 150 valence electrons. The maximum atomic E-state index is 14.0. The van der Waals surface area contributed by atoms with Crippen LogP contribution in [0.1, 0.15) is 5.56 Å². The van der Waals surface area contributed by atoms with Crippen molar-refractivity contribution in [2.45, 2.75) is 0 Å². The highest BCUT2D eigenvalue weighted by molar-refractivity contribution is 8.18. The zero-order valence-corrected chi connectivity index (χ0v) is 17.3. The van der Waals surface area contributed by atoms with E-state index in [0.717, 1.165) is 16.4 Å². The van der Waals surface area contributed by atoms with Crippen LogP contribution < -0.4 is 9.80 Å². The summed E-state index contributed by atoms with van der Waals surface area (Å²) in [6.45, 7) is 2.80. The van der Waals surface area contributed by atoms with Gasteiger partial charge in [-0.1, -0.05) is 24.3 Å². The first-order valence-electron chi connectivity index (χ1n) is 9.55. The second kappa shape index (κ2) is 8.29. The smallest absolute Gasteiger partial charge is 0.286 e. The molecule has 0 atom stereocenters. The van der Waals surface area contributed by atoms with Gasteiger partial charge in [0.2, 0.25) is 0 Å². The molecule has 2 aliphatic rings. The molecule has 0 unspecified atom stereocenters. The molecule has 2 aromatic rings. The van der Waals surface area contributed by atoms with Gasteiger partial charge in [-0.15, -0.1) is 0 Å². The van der Waals surface area contributed by atoms with Crippen LogP contribution in [-0.2, 0) is 4.79 Å². The van der Waals surface area contributed by atoms with Crippen LogP contribution in [0.25, 0.3) is 6.08 Å². The topological polar surface area (TPSA) is 39.1 Å². The van der Waals surface area contributed by atoms with Gasteiger partial charge in [0.1, 0.15) is 5.82 Å². The zero-order chi connectivity index (χ0) is 20.4. The number of anilines is 2. The Hall–Kier alpha value is -2.80. The number of rotatable bonds is 3. The lowest BCUT2D eigenvalue weighted by molar-refractivity contribution is -0.113. The third kappa shape index (κ3) is 4.29. The van der Waals surface area contributed by atoms with Crippen LogP contribution in [0.2, 0.25) is 0 Å². The minimum absolute atomic E-state index is 0.196. The van der Waals surface area contributed by atoms with Gasteiger partial charge in [0.05, 0.1) is 10.6 Å². The van der Waals surface area contributed by atoms with Crippen LogP contribution in [0.4, 0.5) is 15.8 Å². The van der Waals surface area contributed by atoms with E-state index >= 15 is 0 Å². The first kappa shape index (κ1) is 19.5. The average molecular weight is 411 g/mol. The number of amides is 1. The molecule has 4 rings (SSSR count). The zero-order valence-electron chi connectivity index (χ0n) is 16.5. The summed E-state index contributed by atoms with van der Waals surface area (Å²) in [4.78, 5) is 23.4. The summed E-state index contributed by atoms with van der Waals surface area (Å²) >= 11 is 1.42. The Bertz CT molecular complexity index is 963. The number of aliphatic imine (C=N–C) groups is 1. The summed E-state index contributed by atoms with van der Waals surface area (Å²) < 4.78 is 14.0. The summed E-state index contributed by atoms with van der Waals surface area (Å²) in [5.74, 6) is -0.396. The fraction of sp³-hybridized carbons (Fsp3) is 0.273. The molecule has 1 saturated heterocycles. The number of benzene rings is 2. The van der Waals surface area contributed by atoms with Crippen LogP contribution in [0.15, 0.2) is 58.4 Å². The van der Waals surface area contributed by atoms with E-state index in [1.165, 1.54) is 17.8 Å². The molecule has 0 spiro atoms. The third-order valence-electron chi connectivity index (χ3n) is 5.06. The summed E-state index contributed by atoms with van der Waals surface area (Å²) in [7, 11) is 3.99. The average Bonchev–Trinajstić information content (AvgIpc) is 3.09. The van der Waals surface area contributed by atoms with Gasteiger partial charge in [0, 0.05) is 46.0 Å². The molecule has 0 aromatic heterocycles. The number of halogens is 1. The largest absolute Gasteiger partial charge is 0.378 e. The first-order chi connectivity index (χ1) is 14.0. The van der Waals surface area contributed by atoms with Gasteiger partial charge < -0.3 is 14.7 Å². The molecule has 0 radical (unpaired) electrons. The van der Waals surface area contributed by atoms with Gasteiger partial charge in [0.15, 0.2) is 5.17 Å². The van der Waals surface area contributed by atoms with E-state index in [-0.39, 0.29) is 11.7 Å². The number of para-hydroxylation sites is 1. The maximum absolute atomic E-state index is 14.0. The van der Waals surface area contributed by atoms with Gasteiger partial charge in [-0.25, -0.2) is 4.39 Å². The van der Waals surface area contributed by atoms with Gasteiger partial charge >= 0.3 is 0 Å². The molecule has 2 aromatic carbocycles. The predicted molar refractivity (Wildman–Crippen MR) is 119 cm³/mol. The van der Waals surface area contributed by atoms with E-state index in [1.54, 1.807) is 12.1 Å². The maximum Gasteiger partial charge on any atom is 0.286 e. The summed E-state index contributed by atoms with van der Waals surface area (Å²) in [5.41, 5.74) is 2.72. The Morgan fingerprint density at radius 2 is 1.66 bits per heavy atom. The molecule has 7 heteroatoms. The van der Waals surface area contributed by atoms with Crippen LogP contribution in [0.5, 0.6) is 0 Å². The van der Waals surface area contributed by atoms with Crippen molar-refractivity contribution in [2.24, 2.45) is 4.99 Å². The second-order valence-electron chi connectivity index (χ2n) is 7.22. The number of hydrogen-bond donors (Lipinski definition) is 0. The van der Waals surface area contributed by atoms with Crippen molar-refractivity contribution in [3.8, 4) is 0 Å². The number of thioether (sulfide) groups is 1. The molecular formula is C22H23FN4OS. The van der Waals surface area contributed by atoms with E-state index < -0.39 is 0 Å². The standard InChI is InChI=1S/C22H23FN4OS/c1-25(2)17-9-7-16(8-10-17)15-20-21(28)24-22(29-20)27-13-11-26(12-14-27)19-6-4-3-5-18(19)23/h3-10,15H,11-14H2,1-2H3/b20-15+. The monoisotopic (exact) mass is 410 g/mol. The number of piperazine rings is 1. The van der Waals surface area contributed by atoms with Crippen molar-refractivity contribution in [1.82, 2.24) is 4.90 Å². The van der Waals surface area contributed by atoms with Crippen molar-refractivity contribution >= 4 is 40.3 Å². The van der Waals surface area contributed by atoms with Gasteiger partial charge in [-0.3, -0.25) is 4.79 Å². The molecular weight excluding hydrogens is 387 g/mol. The predicted octanol–water partition coefficient (Wildman–Crippen LogP) is 3.68. The van der Waals surface area contributed by atoms with E-state index in [0.29, 0.717) is 36.8 Å². The van der Waals surface area contributed by atoms with E-state index in [9.17, 15) is 9.18 Å². The quantitative estimate of drug-likeness (QED) is 0.722. The highest BCUT2D eigenvalue weighted by Crippen LogP contribution is 2.31. The van der Waals surface area contributed by atoms with Gasteiger partial charge in [0.25, 0.3) is 5.91 Å². The van der Waals surface area contributed by atoms with Gasteiger partial charge in [-0.2, -0.15) is 4.99 Å². The molecule has 0 N–H and O–H groups in total. The molecule has 5 nitrogen and oxygen atoms in total. The highest BCUT2D eigenvalue weighted by atomic mass is 32.2. The number of carbonyl (C=O) groups is 1. The molecule has 29 heavy (non-hydrogen) atoms. The van der Waals surface area contributed by atoms with Crippen molar-refractivity contribution in [2.75, 3.05) is 50.1 Å². The molecule has 0 bridgehead atoms. The normalized spacial score (nSPS) is 18.4. The van der Waals surface area contributed by atoms with Crippen LogP contribution >= 0.6 is 11.8 Å². The highest BCUT2D eigenvalue weighted by Gasteiger charge is 2.29. The molecule has 1 fully saturated rings. The second-order valence-corrected chi connectivity index (χ2v) is 8.23. The lowest BCUT2D eigenvalue weighted by atomic mass is 10.2. The Morgan fingerprint density at radius 3 is 2.31 bits per heavy atom. The molecule has 0 aliphatic carbocycles. The minimum Gasteiger partial charge on any atom is -0.378 e. The van der Waals surface area contributed by atoms with Crippen LogP contribution in [-0.4, -0.2) is 56.2 Å². The Kier molecular flexibility index (Phi) is 5.58. The molecule has 2 heterocycles. The van der Waals surface area contributed by atoms with Gasteiger partial charge in [-0.05, 0) is 47.7 Å². The van der Waals surface area contributed by atoms with Crippen molar-refractivity contribution in [3.05, 3.63) is 64.8 Å². The fourth-order valence-electron chi connectivity index (χ4n) is 3.40. The van der Waals surface area contributed by atoms with Crippen LogP contribution in [0, 0.1) is 5.82 Å². The Labute approximate surface area is 174 Å².